The molecule has 0 aliphatic carbocycles. The van der Waals surface area contributed by atoms with E-state index in [4.69, 9.17) is 28.4 Å². The maximum atomic E-state index is 12.7. The molecule has 13 heteroatoms. The van der Waals surface area contributed by atoms with Crippen molar-refractivity contribution in [2.75, 3.05) is 26.4 Å². The molecule has 1 aromatic rings. The number of esters is 6. The molecule has 0 aromatic carbocycles. The number of hydrogen-bond acceptors (Lipinski definition) is 13. The van der Waals surface area contributed by atoms with Gasteiger partial charge in [-0.25, -0.2) is 33.8 Å². The Morgan fingerprint density at radius 1 is 0.700 bits per heavy atom. The van der Waals surface area contributed by atoms with Crippen LogP contribution in [0.1, 0.15) is 34.8 Å². The van der Waals surface area contributed by atoms with Crippen LogP contribution in [0.3, 0.4) is 0 Å². The summed E-state index contributed by atoms with van der Waals surface area (Å²) in [7, 11) is 0. The molecule has 2 atom stereocenters. The monoisotopic (exact) mass is 559 g/mol. The molecule has 0 aliphatic rings. The molecule has 0 saturated carbocycles. The number of ether oxygens (including phenoxy) is 6. The Labute approximate surface area is 230 Å². The highest BCUT2D eigenvalue weighted by Crippen LogP contribution is 2.09. The second-order valence-electron chi connectivity index (χ2n) is 7.89. The van der Waals surface area contributed by atoms with Crippen LogP contribution < -0.4 is 0 Å². The molecule has 2 unspecified atom stereocenters. The average Bonchev–Trinajstić information content (AvgIpc) is 2.94. The second-order valence-corrected chi connectivity index (χ2v) is 7.89. The van der Waals surface area contributed by atoms with Crippen LogP contribution in [0.2, 0.25) is 0 Å². The van der Waals surface area contributed by atoms with Crippen molar-refractivity contribution in [1.29, 1.82) is 0 Å². The first kappa shape index (κ1) is 33.0. The maximum Gasteiger partial charge on any atom is 0.357 e. The maximum absolute atomic E-state index is 12.7. The lowest BCUT2D eigenvalue weighted by atomic mass is 10.3. The fourth-order valence-corrected chi connectivity index (χ4v) is 2.37. The van der Waals surface area contributed by atoms with E-state index in [-0.39, 0.29) is 22.5 Å². The summed E-state index contributed by atoms with van der Waals surface area (Å²) in [6, 6.07) is 3.76. The van der Waals surface area contributed by atoms with Crippen LogP contribution in [-0.4, -0.2) is 79.4 Å². The summed E-state index contributed by atoms with van der Waals surface area (Å²) in [6.45, 7) is 14.3. The number of hydrogen-bond donors (Lipinski definition) is 0. The molecule has 0 aliphatic heterocycles. The van der Waals surface area contributed by atoms with Gasteiger partial charge in [0.05, 0.1) is 0 Å². The summed E-state index contributed by atoms with van der Waals surface area (Å²) in [5.74, 6) is -5.24. The summed E-state index contributed by atoms with van der Waals surface area (Å²) >= 11 is 0. The summed E-state index contributed by atoms with van der Waals surface area (Å²) in [5.41, 5.74) is -0.505. The molecule has 0 bridgehead atoms. The van der Waals surface area contributed by atoms with E-state index in [9.17, 15) is 28.8 Å². The van der Waals surface area contributed by atoms with Crippen molar-refractivity contribution < 1.29 is 57.2 Å². The van der Waals surface area contributed by atoms with Gasteiger partial charge in [0.2, 0.25) is 0 Å². The van der Waals surface area contributed by atoms with E-state index >= 15 is 0 Å². The third kappa shape index (κ3) is 12.0. The number of carbonyl (C=O) groups is 6. The molecule has 40 heavy (non-hydrogen) atoms. The minimum atomic E-state index is -1.23. The Morgan fingerprint density at radius 3 is 1.38 bits per heavy atom. The van der Waals surface area contributed by atoms with Crippen molar-refractivity contribution in [2.24, 2.45) is 0 Å². The molecule has 1 aromatic heterocycles. The van der Waals surface area contributed by atoms with Gasteiger partial charge >= 0.3 is 35.8 Å². The second kappa shape index (κ2) is 16.7. The Kier molecular flexibility index (Phi) is 13.8. The van der Waals surface area contributed by atoms with Crippen molar-refractivity contribution in [2.45, 2.75) is 26.1 Å². The normalized spacial score (nSPS) is 11.4. The van der Waals surface area contributed by atoms with Crippen molar-refractivity contribution in [3.63, 3.8) is 0 Å². The van der Waals surface area contributed by atoms with Crippen molar-refractivity contribution in [3.8, 4) is 0 Å². The van der Waals surface area contributed by atoms with E-state index in [1.807, 2.05) is 0 Å². The topological polar surface area (TPSA) is 171 Å². The van der Waals surface area contributed by atoms with Gasteiger partial charge in [-0.05, 0) is 26.0 Å². The summed E-state index contributed by atoms with van der Waals surface area (Å²) in [6.07, 6.45) is -0.686. The van der Waals surface area contributed by atoms with Gasteiger partial charge in [-0.1, -0.05) is 32.4 Å². The zero-order valence-electron chi connectivity index (χ0n) is 22.0. The Morgan fingerprint density at radius 2 is 1.05 bits per heavy atom. The van der Waals surface area contributed by atoms with Crippen molar-refractivity contribution >= 4 is 35.8 Å². The van der Waals surface area contributed by atoms with Gasteiger partial charge in [0.15, 0.2) is 12.2 Å². The predicted octanol–water partition coefficient (Wildman–Crippen LogP) is 1.83. The fourth-order valence-electron chi connectivity index (χ4n) is 2.37. The molecule has 0 radical (unpaired) electrons. The average molecular weight is 560 g/mol. The Bertz CT molecular complexity index is 1100. The first-order chi connectivity index (χ1) is 18.9. The van der Waals surface area contributed by atoms with Gasteiger partial charge in [-0.15, -0.1) is 0 Å². The first-order valence-corrected chi connectivity index (χ1v) is 11.5. The lowest BCUT2D eigenvalue weighted by Gasteiger charge is -2.18. The summed E-state index contributed by atoms with van der Waals surface area (Å²) in [5, 5.41) is 0. The van der Waals surface area contributed by atoms with E-state index < -0.39 is 74.5 Å². The van der Waals surface area contributed by atoms with Gasteiger partial charge in [0.1, 0.15) is 37.8 Å². The summed E-state index contributed by atoms with van der Waals surface area (Å²) in [4.78, 5) is 75.6. The Balaban J connectivity index is 2.99. The highest BCUT2D eigenvalue weighted by Gasteiger charge is 2.24. The lowest BCUT2D eigenvalue weighted by molar-refractivity contribution is -0.148. The van der Waals surface area contributed by atoms with Crippen LogP contribution in [0, 0.1) is 0 Å². The standard InChI is InChI=1S/C27H29NO12/c1-7-22(29)35-12-18(14-37-24(31)16(3)4)39-26(33)20-10-9-11-21(28-20)27(34)40-19(13-36-23(30)8-2)15-38-25(32)17(5)6/h7-11,18-19H,1-3,5,12-15H2,4,6H3. The molecule has 1 rings (SSSR count). The largest absolute Gasteiger partial charge is 0.458 e. The molecule has 0 spiro atoms. The Hall–Kier alpha value is -5.07. The van der Waals surface area contributed by atoms with Crippen molar-refractivity contribution in [1.82, 2.24) is 4.98 Å². The number of aromatic nitrogens is 1. The van der Waals surface area contributed by atoms with Crippen molar-refractivity contribution in [3.05, 3.63) is 79.2 Å². The highest BCUT2D eigenvalue weighted by atomic mass is 16.6. The van der Waals surface area contributed by atoms with E-state index in [0.29, 0.717) is 0 Å². The van der Waals surface area contributed by atoms with Crippen LogP contribution in [0.4, 0.5) is 0 Å². The number of carbonyl (C=O) groups excluding carboxylic acids is 6. The highest BCUT2D eigenvalue weighted by molar-refractivity contribution is 5.92. The minimum absolute atomic E-state index is 0.0907. The molecule has 0 saturated heterocycles. The predicted molar refractivity (Wildman–Crippen MR) is 137 cm³/mol. The van der Waals surface area contributed by atoms with Crippen LogP contribution in [0.5, 0.6) is 0 Å². The molecular weight excluding hydrogens is 530 g/mol. The van der Waals surface area contributed by atoms with E-state index in [1.54, 1.807) is 0 Å². The van der Waals surface area contributed by atoms with Crippen LogP contribution in [0.25, 0.3) is 0 Å². The minimum Gasteiger partial charge on any atom is -0.458 e. The van der Waals surface area contributed by atoms with E-state index in [0.717, 1.165) is 12.2 Å². The molecular formula is C27H29NO12. The quantitative estimate of drug-likeness (QED) is 0.163. The van der Waals surface area contributed by atoms with E-state index in [1.165, 1.54) is 32.0 Å². The van der Waals surface area contributed by atoms with Gasteiger partial charge in [0, 0.05) is 23.3 Å². The molecule has 0 amide bonds. The third-order valence-corrected chi connectivity index (χ3v) is 4.37. The molecule has 1 heterocycles. The molecule has 0 fully saturated rings. The number of rotatable bonds is 16. The first-order valence-electron chi connectivity index (χ1n) is 11.5. The van der Waals surface area contributed by atoms with Crippen LogP contribution in [0.15, 0.2) is 67.8 Å². The van der Waals surface area contributed by atoms with Gasteiger partial charge in [-0.3, -0.25) is 0 Å². The zero-order valence-corrected chi connectivity index (χ0v) is 22.0. The lowest BCUT2D eigenvalue weighted by Crippen LogP contribution is -2.32. The summed E-state index contributed by atoms with van der Waals surface area (Å²) < 4.78 is 30.1. The number of pyridine rings is 1. The van der Waals surface area contributed by atoms with Gasteiger partial charge < -0.3 is 28.4 Å². The molecule has 214 valence electrons. The van der Waals surface area contributed by atoms with Gasteiger partial charge in [-0.2, -0.15) is 0 Å². The molecule has 0 N–H and O–H groups in total. The van der Waals surface area contributed by atoms with E-state index in [2.05, 4.69) is 31.3 Å². The number of nitrogens with zero attached hydrogens (tertiary/aromatic N) is 1. The fraction of sp³-hybridized carbons (Fsp3) is 0.296. The zero-order chi connectivity index (χ0) is 30.2. The third-order valence-electron chi connectivity index (χ3n) is 4.37. The smallest absolute Gasteiger partial charge is 0.357 e. The molecule has 13 nitrogen and oxygen atoms in total. The van der Waals surface area contributed by atoms with Crippen LogP contribution in [-0.2, 0) is 47.6 Å². The van der Waals surface area contributed by atoms with Crippen LogP contribution >= 0.6 is 0 Å². The SMILES string of the molecule is C=CC(=O)OCC(COC(=O)C(=C)C)OC(=O)c1cccc(C(=O)OC(COC(=O)C=C)COC(=O)C(=C)C)n1. The van der Waals surface area contributed by atoms with Gasteiger partial charge in [0.25, 0.3) is 0 Å².